The number of carbonyl (C=O) groups is 4. The lowest BCUT2D eigenvalue weighted by molar-refractivity contribution is -0.124. The number of amides is 4. The average molecular weight is 1120 g/mol. The minimum Gasteiger partial charge on any atom is -0.453 e. The van der Waals surface area contributed by atoms with Crippen LogP contribution >= 0.6 is 34.0 Å². The van der Waals surface area contributed by atoms with Gasteiger partial charge in [0.15, 0.2) is 0 Å². The fraction of sp³-hybridized carbons (Fsp3) is 0.240. The van der Waals surface area contributed by atoms with Crippen molar-refractivity contribution in [3.63, 3.8) is 0 Å². The average Bonchev–Trinajstić information content (AvgIpc) is 4.21. The predicted molar refractivity (Wildman–Crippen MR) is 288 cm³/mol. The number of hydrogen-bond acceptors (Lipinski definition) is 15. The lowest BCUT2D eigenvalue weighted by Crippen LogP contribution is -2.49. The molecule has 0 aliphatic rings. The third-order valence-corrected chi connectivity index (χ3v) is 14.8. The molecule has 75 heavy (non-hydrogen) atoms. The number of benzene rings is 4. The van der Waals surface area contributed by atoms with E-state index in [2.05, 4.69) is 26.3 Å². The Kier molecular flexibility index (Phi) is 20.8. The van der Waals surface area contributed by atoms with E-state index in [1.54, 1.807) is 35.6 Å². The van der Waals surface area contributed by atoms with Crippen LogP contribution in [0.15, 0.2) is 137 Å². The number of alkyl carbamates (subject to hydrolysis) is 2. The van der Waals surface area contributed by atoms with E-state index in [0.717, 1.165) is 43.6 Å². The number of ether oxygens (including phenoxy) is 2. The molecule has 0 unspecified atom stereocenters. The van der Waals surface area contributed by atoms with Crippen molar-refractivity contribution in [1.82, 2.24) is 31.2 Å². The summed E-state index contributed by atoms with van der Waals surface area (Å²) in [5.74, 6) is -0.811. The Morgan fingerprint density at radius 1 is 0.533 bits per heavy atom. The second-order valence-corrected chi connectivity index (χ2v) is 21.5. The van der Waals surface area contributed by atoms with Gasteiger partial charge in [0, 0.05) is 23.6 Å². The Bertz CT molecular complexity index is 3180. The molecule has 0 spiro atoms. The molecule has 20 nitrogen and oxygen atoms in total. The summed E-state index contributed by atoms with van der Waals surface area (Å²) < 4.78 is 75.7. The number of thiophene rings is 1. The fourth-order valence-corrected chi connectivity index (χ4v) is 10.7. The Morgan fingerprint density at radius 3 is 1.35 bits per heavy atom. The summed E-state index contributed by atoms with van der Waals surface area (Å²) in [5, 5.41) is 18.7. The summed E-state index contributed by atoms with van der Waals surface area (Å²) in [5.41, 5.74) is 5.04. The van der Waals surface area contributed by atoms with Gasteiger partial charge < -0.3 is 30.7 Å². The van der Waals surface area contributed by atoms with Crippen LogP contribution in [0, 0.1) is 0 Å². The third-order valence-electron chi connectivity index (χ3n) is 10.9. The molecule has 4 amide bonds. The van der Waals surface area contributed by atoms with E-state index in [-0.39, 0.29) is 24.2 Å². The largest absolute Gasteiger partial charge is 0.453 e. The maximum atomic E-state index is 13.5. The van der Waals surface area contributed by atoms with Gasteiger partial charge in [-0.2, -0.15) is 16.8 Å². The molecular weight excluding hydrogens is 1060 g/mol. The van der Waals surface area contributed by atoms with Crippen molar-refractivity contribution in [3.05, 3.63) is 176 Å². The summed E-state index contributed by atoms with van der Waals surface area (Å²) in [4.78, 5) is 61.3. The first-order chi connectivity index (χ1) is 35.9. The van der Waals surface area contributed by atoms with Crippen LogP contribution in [0.4, 0.5) is 21.0 Å². The van der Waals surface area contributed by atoms with Gasteiger partial charge in [0.25, 0.3) is 0 Å². The van der Waals surface area contributed by atoms with Gasteiger partial charge in [-0.15, -0.1) is 34.0 Å². The molecule has 0 bridgehead atoms. The fourth-order valence-electron chi connectivity index (χ4n) is 7.32. The van der Waals surface area contributed by atoms with Crippen LogP contribution < -0.4 is 30.7 Å². The molecule has 0 radical (unpaired) electrons. The quantitative estimate of drug-likeness (QED) is 0.0301. The van der Waals surface area contributed by atoms with E-state index in [0.29, 0.717) is 24.2 Å². The van der Waals surface area contributed by atoms with Crippen LogP contribution in [0.25, 0.3) is 9.88 Å². The van der Waals surface area contributed by atoms with E-state index in [1.165, 1.54) is 61.2 Å². The minimum absolute atomic E-state index is 0.195. The number of nitrogens with zero attached hydrogens (tertiary/aromatic N) is 2. The smallest absolute Gasteiger partial charge is 0.407 e. The van der Waals surface area contributed by atoms with Gasteiger partial charge in [-0.3, -0.25) is 28.1 Å². The highest BCUT2D eigenvalue weighted by Crippen LogP contribution is 2.31. The van der Waals surface area contributed by atoms with Crippen molar-refractivity contribution in [2.75, 3.05) is 23.7 Å². The summed E-state index contributed by atoms with van der Waals surface area (Å²) in [7, 11) is -6.31. The summed E-state index contributed by atoms with van der Waals surface area (Å²) in [6.45, 7) is 1.99. The zero-order valence-electron chi connectivity index (χ0n) is 40.5. The predicted octanol–water partition coefficient (Wildman–Crippen LogP) is 7.74. The van der Waals surface area contributed by atoms with Gasteiger partial charge >= 0.3 is 32.8 Å². The molecule has 0 aliphatic carbocycles. The molecule has 0 fully saturated rings. The first-order valence-electron chi connectivity index (χ1n) is 22.9. The number of anilines is 2. The van der Waals surface area contributed by atoms with Gasteiger partial charge in [0.05, 0.1) is 59.0 Å². The van der Waals surface area contributed by atoms with Crippen LogP contribution in [-0.2, 0) is 71.8 Å². The molecule has 3 heterocycles. The molecule has 0 saturated carbocycles. The Morgan fingerprint density at radius 2 is 0.960 bits per heavy atom. The van der Waals surface area contributed by atoms with Crippen molar-refractivity contribution in [1.29, 1.82) is 0 Å². The van der Waals surface area contributed by atoms with E-state index >= 15 is 0 Å². The minimum atomic E-state index is -4.40. The maximum absolute atomic E-state index is 13.5. The highest BCUT2D eigenvalue weighted by Gasteiger charge is 2.28. The topological polar surface area (TPSA) is 293 Å². The van der Waals surface area contributed by atoms with Crippen LogP contribution in [-0.4, -0.2) is 86.2 Å². The van der Waals surface area contributed by atoms with Crippen LogP contribution in [0.5, 0.6) is 0 Å². The SMILES string of the molecule is CCc1nc([C@H](Cc2ccc(NS(=O)(=O)O)cc2)NC(=O)[C@H](Cc2ccccc2)NC(=O)OC)cs1.COC(=O)N[C@@H](Cc1ccccc1)C(=O)N[C@@H](Cc1ccc(NS(=O)(=O)O)cc1)c1csc(-c2cccs2)n1. The number of aryl methyl sites for hydroxylation is 1. The van der Waals surface area contributed by atoms with Crippen molar-refractivity contribution in [2.24, 2.45) is 0 Å². The van der Waals surface area contributed by atoms with Crippen LogP contribution in [0.2, 0.25) is 0 Å². The number of hydrogen-bond donors (Lipinski definition) is 8. The second-order valence-electron chi connectivity index (χ2n) is 16.4. The molecule has 0 saturated heterocycles. The van der Waals surface area contributed by atoms with E-state index < -0.39 is 68.8 Å². The first-order valence-corrected chi connectivity index (χ1v) is 28.4. The third kappa shape index (κ3) is 18.9. The van der Waals surface area contributed by atoms with E-state index in [9.17, 15) is 36.0 Å². The zero-order chi connectivity index (χ0) is 54.0. The molecule has 8 N–H and O–H groups in total. The van der Waals surface area contributed by atoms with E-state index in [1.807, 2.05) is 105 Å². The standard InChI is InChI=1S/C26H26N4O6S3.C24H28N4O6S2/c1-36-26(32)29-21(15-17-6-3-2-4-7-17)24(31)27-20(22-16-38-25(28-22)23-8-5-13-37-23)14-18-9-11-19(12-10-18)30-39(33,34)35;1-3-22-25-21(15-35-22)19(13-17-9-11-18(12-10-17)28-36(31,32)33)26-23(29)20(27-24(30)34-2)14-16-7-5-4-6-8-16/h2-13,16,20-21,30H,14-15H2,1H3,(H,27,31)(H,29,32)(H,33,34,35);4-12,15,19-20,28H,3,13-14H2,1-2H3,(H,26,29)(H,27,30)(H,31,32,33)/t20-,21-;19-,20-/m00/s1. The molecule has 4 aromatic carbocycles. The molecule has 7 rings (SSSR count). The van der Waals surface area contributed by atoms with Crippen LogP contribution in [0.3, 0.4) is 0 Å². The number of nitrogens with one attached hydrogen (secondary N) is 6. The second kappa shape index (κ2) is 27.3. The number of rotatable bonds is 22. The summed E-state index contributed by atoms with van der Waals surface area (Å²) in [6, 6.07) is 32.5. The van der Waals surface area contributed by atoms with Gasteiger partial charge in [0.1, 0.15) is 17.1 Å². The molecule has 7 aromatic rings. The van der Waals surface area contributed by atoms with Gasteiger partial charge in [0.2, 0.25) is 11.8 Å². The lowest BCUT2D eigenvalue weighted by Gasteiger charge is -2.23. The molecule has 4 atom stereocenters. The Balaban J connectivity index is 0.000000245. The zero-order valence-corrected chi connectivity index (χ0v) is 44.6. The normalized spacial score (nSPS) is 12.8. The van der Waals surface area contributed by atoms with Crippen molar-refractivity contribution < 1.29 is 54.6 Å². The number of thiazole rings is 2. The number of aromatic nitrogens is 2. The van der Waals surface area contributed by atoms with Crippen molar-refractivity contribution in [2.45, 2.75) is 63.2 Å². The molecule has 396 valence electrons. The monoisotopic (exact) mass is 1120 g/mol. The maximum Gasteiger partial charge on any atom is 0.407 e. The highest BCUT2D eigenvalue weighted by atomic mass is 32.2. The van der Waals surface area contributed by atoms with Gasteiger partial charge in [-0.05, 0) is 77.2 Å². The lowest BCUT2D eigenvalue weighted by atomic mass is 10.0. The van der Waals surface area contributed by atoms with E-state index in [4.69, 9.17) is 23.6 Å². The Labute approximate surface area is 446 Å². The van der Waals surface area contributed by atoms with Crippen molar-refractivity contribution >= 4 is 90.0 Å². The highest BCUT2D eigenvalue weighted by molar-refractivity contribution is 7.87. The molecule has 3 aromatic heterocycles. The van der Waals surface area contributed by atoms with Crippen LogP contribution in [0.1, 0.15) is 57.7 Å². The molecule has 25 heteroatoms. The molecular formula is C50H54N8O12S5. The molecule has 0 aliphatic heterocycles. The van der Waals surface area contributed by atoms with Gasteiger partial charge in [-0.25, -0.2) is 19.6 Å². The van der Waals surface area contributed by atoms with Crippen molar-refractivity contribution in [3.8, 4) is 9.88 Å². The van der Waals surface area contributed by atoms with Gasteiger partial charge in [-0.1, -0.05) is 97.9 Å². The Hall–Kier alpha value is -7.26. The number of methoxy groups -OCH3 is 2. The summed E-state index contributed by atoms with van der Waals surface area (Å²) in [6.07, 6.45) is 0.527. The number of carbonyl (C=O) groups excluding carboxylic acids is 4. The summed E-state index contributed by atoms with van der Waals surface area (Å²) >= 11 is 4.52. The first kappa shape index (κ1) is 57.0.